The van der Waals surface area contributed by atoms with Crippen LogP contribution in [0.25, 0.3) is 10.8 Å². The summed E-state index contributed by atoms with van der Waals surface area (Å²) in [6.07, 6.45) is 0.854. The lowest BCUT2D eigenvalue weighted by Gasteiger charge is -2.50. The Morgan fingerprint density at radius 3 is 1.96 bits per heavy atom. The van der Waals surface area contributed by atoms with Crippen molar-refractivity contribution in [2.75, 3.05) is 15.1 Å². The minimum absolute atomic E-state index is 0.0538. The van der Waals surface area contributed by atoms with Gasteiger partial charge in [0.2, 0.25) is 17.6 Å². The molecule has 4 aliphatic rings. The number of hydrogen-bond donors (Lipinski definition) is 2. The van der Waals surface area contributed by atoms with E-state index >= 15 is 8.78 Å². The fraction of sp³-hybridized carbons (Fsp3) is 0.190. The number of phenols is 1. The zero-order valence-electron chi connectivity index (χ0n) is 29.1. The van der Waals surface area contributed by atoms with E-state index in [1.54, 1.807) is 60.7 Å². The van der Waals surface area contributed by atoms with Crippen LogP contribution in [0, 0.1) is 46.8 Å². The van der Waals surface area contributed by atoms with E-state index in [0.29, 0.717) is 11.1 Å². The molecule has 8 nitrogen and oxygen atoms in total. The normalized spacial score (nSPS) is 26.8. The van der Waals surface area contributed by atoms with Gasteiger partial charge in [-0.2, -0.15) is 0 Å². The molecule has 288 valence electrons. The number of carbonyl (C=O) groups is 4. The number of nitrogens with one attached hydrogen (secondary N) is 1. The van der Waals surface area contributed by atoms with E-state index in [1.165, 1.54) is 6.07 Å². The van der Waals surface area contributed by atoms with Crippen molar-refractivity contribution in [3.63, 3.8) is 0 Å². The van der Waals surface area contributed by atoms with Gasteiger partial charge in [0, 0.05) is 28.2 Å². The summed E-state index contributed by atoms with van der Waals surface area (Å²) in [5.74, 6) is -22.1. The molecular formula is C42H26Cl2F5N3O5. The number of anilines is 4. The molecule has 2 N–H and O–H groups in total. The Morgan fingerprint density at radius 1 is 0.667 bits per heavy atom. The second-order valence-electron chi connectivity index (χ2n) is 14.5. The molecule has 6 atom stereocenters. The molecule has 1 saturated carbocycles. The highest BCUT2D eigenvalue weighted by Crippen LogP contribution is 2.67. The number of alkyl halides is 2. The maximum atomic E-state index is 15.4. The quantitative estimate of drug-likeness (QED) is 0.0459. The van der Waals surface area contributed by atoms with Crippen molar-refractivity contribution in [2.24, 2.45) is 17.8 Å². The molecule has 4 amide bonds. The van der Waals surface area contributed by atoms with Crippen LogP contribution in [0.4, 0.5) is 44.7 Å². The molecule has 5 aromatic rings. The molecule has 0 spiro atoms. The van der Waals surface area contributed by atoms with Crippen LogP contribution in [0.2, 0.25) is 0 Å². The van der Waals surface area contributed by atoms with Crippen LogP contribution in [-0.2, 0) is 19.2 Å². The predicted molar refractivity (Wildman–Crippen MR) is 201 cm³/mol. The van der Waals surface area contributed by atoms with Gasteiger partial charge in [-0.1, -0.05) is 66.2 Å². The Labute approximate surface area is 330 Å². The third-order valence-electron chi connectivity index (χ3n) is 11.7. The molecule has 5 aromatic carbocycles. The molecule has 15 heteroatoms. The Kier molecular flexibility index (Phi) is 8.31. The summed E-state index contributed by atoms with van der Waals surface area (Å²) < 4.78 is 74.1. The van der Waals surface area contributed by atoms with Gasteiger partial charge in [0.1, 0.15) is 11.4 Å². The van der Waals surface area contributed by atoms with E-state index in [-0.39, 0.29) is 33.5 Å². The molecule has 6 unspecified atom stereocenters. The van der Waals surface area contributed by atoms with Gasteiger partial charge in [0.25, 0.3) is 11.8 Å². The van der Waals surface area contributed by atoms with E-state index in [9.17, 15) is 37.5 Å². The van der Waals surface area contributed by atoms with Crippen molar-refractivity contribution in [3.05, 3.63) is 137 Å². The standard InChI is InChI=1S/C42H26Cl2F5N3O5/c43-41-18-27-24(16-17-25-28(27)38(55)51(37(25)54)22-13-11-21(12-14-22)50-20-7-2-1-3-8-20)29(26-15-10-19-6-4-5-9-23(19)36(26)53)42(41,44)40(57)52(39(41)56)35-33(48)31(46)30(45)32(47)34(35)49/h1-16,25,27-29,50,53H,17-18H2. The number of hydrogen-bond acceptors (Lipinski definition) is 6. The number of aromatic hydroxyl groups is 1. The minimum atomic E-state index is -2.77. The van der Waals surface area contributed by atoms with Crippen molar-refractivity contribution in [1.82, 2.24) is 0 Å². The molecule has 3 fully saturated rings. The van der Waals surface area contributed by atoms with Crippen LogP contribution in [0.15, 0.2) is 103 Å². The van der Waals surface area contributed by atoms with E-state index in [2.05, 4.69) is 5.32 Å². The number of phenolic OH excluding ortho intramolecular Hbond substituents is 1. The summed E-state index contributed by atoms with van der Waals surface area (Å²) in [5.41, 5.74) is -0.0122. The smallest absolute Gasteiger partial charge is 0.258 e. The number of para-hydroxylation sites is 1. The number of amides is 4. The Morgan fingerprint density at radius 2 is 1.28 bits per heavy atom. The van der Waals surface area contributed by atoms with Gasteiger partial charge in [0.05, 0.1) is 17.5 Å². The van der Waals surface area contributed by atoms with Crippen LogP contribution < -0.4 is 15.1 Å². The molecule has 0 aromatic heterocycles. The minimum Gasteiger partial charge on any atom is -0.507 e. The summed E-state index contributed by atoms with van der Waals surface area (Å²) in [5, 5.41) is 15.8. The van der Waals surface area contributed by atoms with E-state index in [0.717, 1.165) is 10.6 Å². The van der Waals surface area contributed by atoms with Crippen molar-refractivity contribution >= 4 is 80.4 Å². The number of rotatable bonds is 5. The number of carbonyl (C=O) groups excluding carboxylic acids is 4. The van der Waals surface area contributed by atoms with Gasteiger partial charge in [-0.3, -0.25) is 24.1 Å². The number of nitrogens with zero attached hydrogens (tertiary/aromatic N) is 2. The Bertz CT molecular complexity index is 2620. The fourth-order valence-electron chi connectivity index (χ4n) is 9.05. The molecule has 0 bridgehead atoms. The number of fused-ring (bicyclic) bond motifs is 5. The summed E-state index contributed by atoms with van der Waals surface area (Å²) in [7, 11) is 0. The molecule has 2 aliphatic carbocycles. The van der Waals surface area contributed by atoms with Crippen LogP contribution in [0.1, 0.15) is 24.3 Å². The first-order valence-corrected chi connectivity index (χ1v) is 18.4. The van der Waals surface area contributed by atoms with Gasteiger partial charge in [0.15, 0.2) is 33.0 Å². The van der Waals surface area contributed by atoms with Crippen molar-refractivity contribution in [3.8, 4) is 5.75 Å². The lowest BCUT2D eigenvalue weighted by molar-refractivity contribution is -0.125. The van der Waals surface area contributed by atoms with Crippen molar-refractivity contribution in [2.45, 2.75) is 28.5 Å². The average molecular weight is 819 g/mol. The van der Waals surface area contributed by atoms with Crippen LogP contribution >= 0.6 is 23.2 Å². The van der Waals surface area contributed by atoms with Crippen LogP contribution in [-0.4, -0.2) is 38.5 Å². The Hall–Kier alpha value is -5.79. The third-order valence-corrected chi connectivity index (χ3v) is 13.1. The van der Waals surface area contributed by atoms with Gasteiger partial charge in [-0.25, -0.2) is 26.9 Å². The second kappa shape index (κ2) is 12.9. The summed E-state index contributed by atoms with van der Waals surface area (Å²) in [4.78, 5) is 53.0. The summed E-state index contributed by atoms with van der Waals surface area (Å²) >= 11 is 14.5. The molecule has 2 heterocycles. The first-order valence-electron chi connectivity index (χ1n) is 17.7. The molecule has 9 rings (SSSR count). The zero-order chi connectivity index (χ0) is 40.3. The molecule has 2 saturated heterocycles. The topological polar surface area (TPSA) is 107 Å². The highest BCUT2D eigenvalue weighted by Gasteiger charge is 2.77. The maximum Gasteiger partial charge on any atom is 0.258 e. The predicted octanol–water partition coefficient (Wildman–Crippen LogP) is 8.75. The number of benzene rings is 5. The van der Waals surface area contributed by atoms with Gasteiger partial charge in [-0.05, 0) is 60.5 Å². The lowest BCUT2D eigenvalue weighted by Crippen LogP contribution is -2.60. The molecular weight excluding hydrogens is 792 g/mol. The van der Waals surface area contributed by atoms with Crippen molar-refractivity contribution < 1.29 is 46.2 Å². The fourth-order valence-corrected chi connectivity index (χ4v) is 9.98. The molecule has 2 aliphatic heterocycles. The van der Waals surface area contributed by atoms with Crippen LogP contribution in [0.5, 0.6) is 5.75 Å². The lowest BCUT2D eigenvalue weighted by atomic mass is 9.56. The molecule has 0 radical (unpaired) electrons. The highest BCUT2D eigenvalue weighted by atomic mass is 35.5. The third kappa shape index (κ3) is 4.97. The Balaban J connectivity index is 1.18. The van der Waals surface area contributed by atoms with Gasteiger partial charge >= 0.3 is 0 Å². The van der Waals surface area contributed by atoms with Crippen LogP contribution in [0.3, 0.4) is 0 Å². The first-order chi connectivity index (χ1) is 27.2. The van der Waals surface area contributed by atoms with Crippen molar-refractivity contribution in [1.29, 1.82) is 0 Å². The monoisotopic (exact) mass is 817 g/mol. The number of imide groups is 2. The first kappa shape index (κ1) is 36.8. The molecule has 57 heavy (non-hydrogen) atoms. The zero-order valence-corrected chi connectivity index (χ0v) is 30.6. The highest BCUT2D eigenvalue weighted by molar-refractivity contribution is 6.58. The maximum absolute atomic E-state index is 15.4. The summed E-state index contributed by atoms with van der Waals surface area (Å²) in [6, 6.07) is 25.4. The number of allylic oxidation sites excluding steroid dienone is 2. The largest absolute Gasteiger partial charge is 0.507 e. The van der Waals surface area contributed by atoms with E-state index in [1.807, 2.05) is 30.3 Å². The van der Waals surface area contributed by atoms with E-state index < -0.39 is 104 Å². The second-order valence-corrected chi connectivity index (χ2v) is 15.7. The average Bonchev–Trinajstić information content (AvgIpc) is 3.55. The SMILES string of the molecule is O=C1C2CC=C3C(CC4(Cl)C(=O)N(c5c(F)c(F)c(F)c(F)c5F)C(=O)C4(Cl)C3c3ccc4ccccc4c3O)C2C(=O)N1c1ccc(Nc2ccccc2)cc1. The number of halogens is 7. The van der Waals surface area contributed by atoms with E-state index in [4.69, 9.17) is 23.2 Å². The summed E-state index contributed by atoms with van der Waals surface area (Å²) in [6.45, 7) is 0. The van der Waals surface area contributed by atoms with Gasteiger partial charge < -0.3 is 10.4 Å². The van der Waals surface area contributed by atoms with Gasteiger partial charge in [-0.15, -0.1) is 23.2 Å².